The molecule has 0 amide bonds. The Bertz CT molecular complexity index is 445. The van der Waals surface area contributed by atoms with Crippen LogP contribution < -0.4 is 5.32 Å². The molecular formula is C15H18N2O. The second kappa shape index (κ2) is 6.89. The third-order valence-corrected chi connectivity index (χ3v) is 2.94. The lowest BCUT2D eigenvalue weighted by Gasteiger charge is -2.16. The van der Waals surface area contributed by atoms with Gasteiger partial charge in [-0.25, -0.2) is 0 Å². The fourth-order valence-electron chi connectivity index (χ4n) is 1.91. The van der Waals surface area contributed by atoms with Gasteiger partial charge in [-0.05, 0) is 36.2 Å². The van der Waals surface area contributed by atoms with Crippen LogP contribution in [0.4, 0.5) is 0 Å². The molecule has 0 aliphatic heterocycles. The number of aromatic nitrogens is 1. The molecule has 0 saturated carbocycles. The zero-order valence-electron chi connectivity index (χ0n) is 10.3. The normalized spacial score (nSPS) is 12.3. The Morgan fingerprint density at radius 1 is 1.06 bits per heavy atom. The van der Waals surface area contributed by atoms with E-state index < -0.39 is 0 Å². The Morgan fingerprint density at radius 3 is 2.44 bits per heavy atom. The maximum Gasteiger partial charge on any atom is 0.0626 e. The molecule has 2 aromatic rings. The van der Waals surface area contributed by atoms with Gasteiger partial charge in [-0.15, -0.1) is 0 Å². The van der Waals surface area contributed by atoms with Gasteiger partial charge in [0, 0.05) is 12.4 Å². The molecule has 0 radical (unpaired) electrons. The molecule has 1 heterocycles. The average molecular weight is 242 g/mol. The summed E-state index contributed by atoms with van der Waals surface area (Å²) in [5, 5.41) is 12.8. The summed E-state index contributed by atoms with van der Waals surface area (Å²) in [5.41, 5.74) is 2.37. The molecule has 0 aliphatic carbocycles. The summed E-state index contributed by atoms with van der Waals surface area (Å²) in [6.45, 7) is 0.949. The lowest BCUT2D eigenvalue weighted by molar-refractivity contribution is 0.245. The van der Waals surface area contributed by atoms with Crippen molar-refractivity contribution in [1.29, 1.82) is 0 Å². The lowest BCUT2D eigenvalue weighted by Crippen LogP contribution is -2.26. The van der Waals surface area contributed by atoms with Crippen molar-refractivity contribution in [2.75, 3.05) is 13.2 Å². The van der Waals surface area contributed by atoms with Gasteiger partial charge in [0.2, 0.25) is 0 Å². The SMILES string of the molecule is OCC(NCCc1ccncc1)c1ccccc1. The van der Waals surface area contributed by atoms with Gasteiger partial charge >= 0.3 is 0 Å². The Morgan fingerprint density at radius 2 is 1.78 bits per heavy atom. The Hall–Kier alpha value is -1.71. The molecule has 3 heteroatoms. The van der Waals surface area contributed by atoms with Crippen molar-refractivity contribution >= 4 is 0 Å². The molecular weight excluding hydrogens is 224 g/mol. The van der Waals surface area contributed by atoms with Gasteiger partial charge < -0.3 is 10.4 Å². The van der Waals surface area contributed by atoms with E-state index in [0.29, 0.717) is 0 Å². The molecule has 1 unspecified atom stereocenters. The molecule has 1 aromatic heterocycles. The fourth-order valence-corrected chi connectivity index (χ4v) is 1.91. The van der Waals surface area contributed by atoms with Crippen molar-refractivity contribution in [2.45, 2.75) is 12.5 Å². The van der Waals surface area contributed by atoms with E-state index in [-0.39, 0.29) is 12.6 Å². The van der Waals surface area contributed by atoms with Gasteiger partial charge in [-0.3, -0.25) is 4.98 Å². The van der Waals surface area contributed by atoms with Crippen LogP contribution in [0.1, 0.15) is 17.2 Å². The average Bonchev–Trinajstić information content (AvgIpc) is 2.46. The summed E-state index contributed by atoms with van der Waals surface area (Å²) in [7, 11) is 0. The van der Waals surface area contributed by atoms with Crippen LogP contribution in [-0.4, -0.2) is 23.2 Å². The topological polar surface area (TPSA) is 45.1 Å². The van der Waals surface area contributed by atoms with Gasteiger partial charge in [0.25, 0.3) is 0 Å². The van der Waals surface area contributed by atoms with Crippen LogP contribution >= 0.6 is 0 Å². The van der Waals surface area contributed by atoms with Crippen LogP contribution in [0.15, 0.2) is 54.9 Å². The third-order valence-electron chi connectivity index (χ3n) is 2.94. The predicted octanol–water partition coefficient (Wildman–Crippen LogP) is 1.95. The number of aliphatic hydroxyl groups excluding tert-OH is 1. The van der Waals surface area contributed by atoms with E-state index in [4.69, 9.17) is 0 Å². The minimum absolute atomic E-state index is 0.00744. The van der Waals surface area contributed by atoms with E-state index in [1.807, 2.05) is 42.5 Å². The Balaban J connectivity index is 1.85. The molecule has 18 heavy (non-hydrogen) atoms. The summed E-state index contributed by atoms with van der Waals surface area (Å²) in [6.07, 6.45) is 4.54. The summed E-state index contributed by atoms with van der Waals surface area (Å²) < 4.78 is 0. The van der Waals surface area contributed by atoms with E-state index in [0.717, 1.165) is 18.5 Å². The van der Waals surface area contributed by atoms with Gasteiger partial charge in [-0.1, -0.05) is 30.3 Å². The number of benzene rings is 1. The standard InChI is InChI=1S/C15H18N2O/c18-12-15(14-4-2-1-3-5-14)17-11-8-13-6-9-16-10-7-13/h1-7,9-10,15,17-18H,8,11-12H2. The number of hydrogen-bond donors (Lipinski definition) is 2. The third kappa shape index (κ3) is 3.65. The molecule has 0 fully saturated rings. The fraction of sp³-hybridized carbons (Fsp3) is 0.267. The largest absolute Gasteiger partial charge is 0.394 e. The molecule has 0 saturated heterocycles. The Kier molecular flexibility index (Phi) is 4.88. The summed E-state index contributed by atoms with van der Waals surface area (Å²) in [4.78, 5) is 3.99. The molecule has 94 valence electrons. The number of pyridine rings is 1. The van der Waals surface area contributed by atoms with Crippen LogP contribution in [0.25, 0.3) is 0 Å². The van der Waals surface area contributed by atoms with Crippen molar-refractivity contribution < 1.29 is 5.11 Å². The highest BCUT2D eigenvalue weighted by atomic mass is 16.3. The van der Waals surface area contributed by atoms with Crippen molar-refractivity contribution in [1.82, 2.24) is 10.3 Å². The number of hydrogen-bond acceptors (Lipinski definition) is 3. The van der Waals surface area contributed by atoms with Gasteiger partial charge in [-0.2, -0.15) is 0 Å². The second-order valence-corrected chi connectivity index (χ2v) is 4.21. The van der Waals surface area contributed by atoms with E-state index in [9.17, 15) is 5.11 Å². The first kappa shape index (κ1) is 12.7. The second-order valence-electron chi connectivity index (χ2n) is 4.21. The number of nitrogens with zero attached hydrogens (tertiary/aromatic N) is 1. The Labute approximate surface area is 108 Å². The number of aliphatic hydroxyl groups is 1. The van der Waals surface area contributed by atoms with Crippen LogP contribution in [0.3, 0.4) is 0 Å². The van der Waals surface area contributed by atoms with E-state index in [1.165, 1.54) is 5.56 Å². The maximum atomic E-state index is 9.40. The number of rotatable bonds is 6. The minimum atomic E-state index is 0.00744. The van der Waals surface area contributed by atoms with Gasteiger partial charge in [0.15, 0.2) is 0 Å². The highest BCUT2D eigenvalue weighted by Crippen LogP contribution is 2.11. The minimum Gasteiger partial charge on any atom is -0.394 e. The summed E-state index contributed by atoms with van der Waals surface area (Å²) in [6, 6.07) is 14.0. The van der Waals surface area contributed by atoms with Crippen LogP contribution in [-0.2, 0) is 6.42 Å². The molecule has 0 bridgehead atoms. The van der Waals surface area contributed by atoms with E-state index >= 15 is 0 Å². The van der Waals surface area contributed by atoms with Crippen LogP contribution in [0.2, 0.25) is 0 Å². The molecule has 2 N–H and O–H groups in total. The van der Waals surface area contributed by atoms with E-state index in [2.05, 4.69) is 10.3 Å². The molecule has 0 aliphatic rings. The van der Waals surface area contributed by atoms with Crippen LogP contribution in [0, 0.1) is 0 Å². The van der Waals surface area contributed by atoms with Crippen molar-refractivity contribution in [3.8, 4) is 0 Å². The van der Waals surface area contributed by atoms with Gasteiger partial charge in [0.1, 0.15) is 0 Å². The first-order valence-corrected chi connectivity index (χ1v) is 6.18. The van der Waals surface area contributed by atoms with Crippen molar-refractivity contribution in [3.05, 3.63) is 66.0 Å². The van der Waals surface area contributed by atoms with E-state index in [1.54, 1.807) is 12.4 Å². The van der Waals surface area contributed by atoms with Crippen LogP contribution in [0.5, 0.6) is 0 Å². The van der Waals surface area contributed by atoms with Gasteiger partial charge in [0.05, 0.1) is 12.6 Å². The molecule has 1 aromatic carbocycles. The zero-order chi connectivity index (χ0) is 12.6. The molecule has 0 spiro atoms. The first-order valence-electron chi connectivity index (χ1n) is 6.18. The van der Waals surface area contributed by atoms with Crippen molar-refractivity contribution in [3.63, 3.8) is 0 Å². The summed E-state index contributed by atoms with van der Waals surface area (Å²) >= 11 is 0. The van der Waals surface area contributed by atoms with Crippen molar-refractivity contribution in [2.24, 2.45) is 0 Å². The predicted molar refractivity (Wildman–Crippen MR) is 72.2 cm³/mol. The monoisotopic (exact) mass is 242 g/mol. The maximum absolute atomic E-state index is 9.40. The molecule has 1 atom stereocenters. The zero-order valence-corrected chi connectivity index (χ0v) is 10.3. The molecule has 3 nitrogen and oxygen atoms in total. The smallest absolute Gasteiger partial charge is 0.0626 e. The first-order chi connectivity index (χ1) is 8.90. The molecule has 2 rings (SSSR count). The summed E-state index contributed by atoms with van der Waals surface area (Å²) in [5.74, 6) is 0. The highest BCUT2D eigenvalue weighted by Gasteiger charge is 2.08. The lowest BCUT2D eigenvalue weighted by atomic mass is 10.1. The highest BCUT2D eigenvalue weighted by molar-refractivity contribution is 5.19. The quantitative estimate of drug-likeness (QED) is 0.813. The number of nitrogens with one attached hydrogen (secondary N) is 1.